The molecule has 2 aromatic rings. The van der Waals surface area contributed by atoms with Gasteiger partial charge >= 0.3 is 6.18 Å². The van der Waals surface area contributed by atoms with Gasteiger partial charge in [-0.15, -0.1) is 0 Å². The van der Waals surface area contributed by atoms with Gasteiger partial charge in [0, 0.05) is 0 Å². The standard InChI is InChI=1S/C18H14F3NO3/c1-10(2)25-15-8-7-11(18(19,20)21)9-14(15)22-16(23)12-5-3-4-6-13(12)17(22)24/h3-10H,1-2H3. The Labute approximate surface area is 141 Å². The minimum Gasteiger partial charge on any atom is -0.489 e. The SMILES string of the molecule is CC(C)Oc1ccc(C(F)(F)F)cc1N1C(=O)c2ccccc2C1=O. The van der Waals surface area contributed by atoms with Crippen LogP contribution in [0.1, 0.15) is 40.1 Å². The zero-order valence-electron chi connectivity index (χ0n) is 13.4. The molecule has 0 radical (unpaired) electrons. The van der Waals surface area contributed by atoms with Crippen LogP contribution in [-0.2, 0) is 6.18 Å². The van der Waals surface area contributed by atoms with E-state index < -0.39 is 23.6 Å². The van der Waals surface area contributed by atoms with Crippen molar-refractivity contribution in [2.24, 2.45) is 0 Å². The molecule has 3 rings (SSSR count). The lowest BCUT2D eigenvalue weighted by atomic mass is 10.1. The number of nitrogens with zero attached hydrogens (tertiary/aromatic N) is 1. The summed E-state index contributed by atoms with van der Waals surface area (Å²) in [6.07, 6.45) is -4.95. The molecule has 7 heteroatoms. The highest BCUT2D eigenvalue weighted by molar-refractivity contribution is 6.34. The van der Waals surface area contributed by atoms with Crippen molar-refractivity contribution in [2.45, 2.75) is 26.1 Å². The van der Waals surface area contributed by atoms with Crippen LogP contribution in [0.4, 0.5) is 18.9 Å². The Bertz CT molecular complexity index is 824. The summed E-state index contributed by atoms with van der Waals surface area (Å²) in [6, 6.07) is 8.86. The minimum atomic E-state index is -4.61. The molecule has 2 amide bonds. The summed E-state index contributed by atoms with van der Waals surface area (Å²) in [5.41, 5.74) is -0.870. The second-order valence-corrected chi connectivity index (χ2v) is 5.84. The number of carbonyl (C=O) groups excluding carboxylic acids is 2. The number of halogens is 3. The number of anilines is 1. The van der Waals surface area contributed by atoms with Gasteiger partial charge in [0.05, 0.1) is 28.5 Å². The number of imide groups is 1. The van der Waals surface area contributed by atoms with Crippen molar-refractivity contribution in [3.8, 4) is 5.75 Å². The third-order valence-electron chi connectivity index (χ3n) is 3.68. The Morgan fingerprint density at radius 1 is 0.960 bits per heavy atom. The Balaban J connectivity index is 2.15. The zero-order chi connectivity index (χ0) is 18.4. The van der Waals surface area contributed by atoms with E-state index in [1.807, 2.05) is 0 Å². The molecule has 1 heterocycles. The van der Waals surface area contributed by atoms with Crippen molar-refractivity contribution >= 4 is 17.5 Å². The quantitative estimate of drug-likeness (QED) is 0.777. The summed E-state index contributed by atoms with van der Waals surface area (Å²) in [7, 11) is 0. The van der Waals surface area contributed by atoms with E-state index >= 15 is 0 Å². The molecule has 0 saturated carbocycles. The van der Waals surface area contributed by atoms with Gasteiger partial charge in [-0.1, -0.05) is 12.1 Å². The smallest absolute Gasteiger partial charge is 0.416 e. The van der Waals surface area contributed by atoms with Crippen LogP contribution in [-0.4, -0.2) is 17.9 Å². The van der Waals surface area contributed by atoms with Gasteiger partial charge in [-0.3, -0.25) is 9.59 Å². The monoisotopic (exact) mass is 349 g/mol. The molecule has 1 aliphatic rings. The Morgan fingerprint density at radius 3 is 2.00 bits per heavy atom. The fraction of sp³-hybridized carbons (Fsp3) is 0.222. The lowest BCUT2D eigenvalue weighted by molar-refractivity contribution is -0.137. The molecule has 0 saturated heterocycles. The number of benzene rings is 2. The average molecular weight is 349 g/mol. The first-order chi connectivity index (χ1) is 11.7. The minimum absolute atomic E-state index is 0.0394. The van der Waals surface area contributed by atoms with Crippen molar-refractivity contribution in [1.29, 1.82) is 0 Å². The number of hydrogen-bond donors (Lipinski definition) is 0. The third-order valence-corrected chi connectivity index (χ3v) is 3.68. The molecule has 130 valence electrons. The normalized spacial score (nSPS) is 14.2. The summed E-state index contributed by atoms with van der Waals surface area (Å²) in [6.45, 7) is 3.40. The Kier molecular flexibility index (Phi) is 4.02. The molecule has 25 heavy (non-hydrogen) atoms. The molecule has 0 aromatic heterocycles. The summed E-state index contributed by atoms with van der Waals surface area (Å²) in [5.74, 6) is -1.31. The van der Waals surface area contributed by atoms with Crippen LogP contribution in [0.3, 0.4) is 0 Å². The summed E-state index contributed by atoms with van der Waals surface area (Å²) in [5, 5.41) is 0. The van der Waals surface area contributed by atoms with Crippen molar-refractivity contribution in [3.05, 3.63) is 59.2 Å². The van der Waals surface area contributed by atoms with E-state index in [4.69, 9.17) is 4.74 Å². The van der Waals surface area contributed by atoms with Gasteiger partial charge in [-0.2, -0.15) is 13.2 Å². The van der Waals surface area contributed by atoms with Crippen molar-refractivity contribution < 1.29 is 27.5 Å². The Hall–Kier alpha value is -2.83. The van der Waals surface area contributed by atoms with Crippen molar-refractivity contribution in [1.82, 2.24) is 0 Å². The summed E-state index contributed by atoms with van der Waals surface area (Å²) in [4.78, 5) is 25.9. The number of carbonyl (C=O) groups is 2. The molecule has 4 nitrogen and oxygen atoms in total. The molecule has 0 spiro atoms. The highest BCUT2D eigenvalue weighted by atomic mass is 19.4. The first-order valence-electron chi connectivity index (χ1n) is 7.56. The topological polar surface area (TPSA) is 46.6 Å². The highest BCUT2D eigenvalue weighted by Crippen LogP contribution is 2.40. The van der Waals surface area contributed by atoms with Crippen LogP contribution in [0.5, 0.6) is 5.75 Å². The number of rotatable bonds is 3. The second-order valence-electron chi connectivity index (χ2n) is 5.84. The fourth-order valence-corrected chi connectivity index (χ4v) is 2.63. The molecule has 0 unspecified atom stereocenters. The van der Waals surface area contributed by atoms with E-state index in [-0.39, 0.29) is 28.7 Å². The average Bonchev–Trinajstić information content (AvgIpc) is 2.78. The van der Waals surface area contributed by atoms with E-state index in [1.54, 1.807) is 26.0 Å². The molecule has 1 aliphatic heterocycles. The van der Waals surface area contributed by atoms with Gasteiger partial charge in [0.15, 0.2) is 0 Å². The van der Waals surface area contributed by atoms with Crippen molar-refractivity contribution in [2.75, 3.05) is 4.90 Å². The predicted octanol–water partition coefficient (Wildman–Crippen LogP) is 4.29. The Morgan fingerprint density at radius 2 is 1.52 bits per heavy atom. The molecule has 0 N–H and O–H groups in total. The number of amides is 2. The van der Waals surface area contributed by atoms with Crippen LogP contribution >= 0.6 is 0 Å². The largest absolute Gasteiger partial charge is 0.489 e. The van der Waals surface area contributed by atoms with E-state index in [1.165, 1.54) is 12.1 Å². The maximum Gasteiger partial charge on any atom is 0.416 e. The molecular weight excluding hydrogens is 335 g/mol. The highest BCUT2D eigenvalue weighted by Gasteiger charge is 2.39. The zero-order valence-corrected chi connectivity index (χ0v) is 13.4. The van der Waals surface area contributed by atoms with Gasteiger partial charge in [0.1, 0.15) is 5.75 Å². The predicted molar refractivity (Wildman–Crippen MR) is 84.8 cm³/mol. The van der Waals surface area contributed by atoms with Gasteiger partial charge in [-0.05, 0) is 44.2 Å². The van der Waals surface area contributed by atoms with E-state index in [0.29, 0.717) is 0 Å². The molecule has 0 atom stereocenters. The van der Waals surface area contributed by atoms with Crippen LogP contribution in [0.15, 0.2) is 42.5 Å². The van der Waals surface area contributed by atoms with Gasteiger partial charge in [0.2, 0.25) is 0 Å². The van der Waals surface area contributed by atoms with Gasteiger partial charge < -0.3 is 4.74 Å². The molecule has 0 aliphatic carbocycles. The summed E-state index contributed by atoms with van der Waals surface area (Å²) >= 11 is 0. The van der Waals surface area contributed by atoms with E-state index in [2.05, 4.69) is 0 Å². The lowest BCUT2D eigenvalue weighted by Gasteiger charge is -2.21. The van der Waals surface area contributed by atoms with Crippen LogP contribution < -0.4 is 9.64 Å². The van der Waals surface area contributed by atoms with Crippen molar-refractivity contribution in [3.63, 3.8) is 0 Å². The van der Waals surface area contributed by atoms with Gasteiger partial charge in [-0.25, -0.2) is 4.90 Å². The number of fused-ring (bicyclic) bond motifs is 1. The van der Waals surface area contributed by atoms with E-state index in [0.717, 1.165) is 23.1 Å². The molecular formula is C18H14F3NO3. The van der Waals surface area contributed by atoms with E-state index in [9.17, 15) is 22.8 Å². The molecule has 2 aromatic carbocycles. The maximum atomic E-state index is 13.1. The molecule has 0 bridgehead atoms. The van der Waals surface area contributed by atoms with Crippen LogP contribution in [0, 0.1) is 0 Å². The third kappa shape index (κ3) is 2.97. The lowest BCUT2D eigenvalue weighted by Crippen LogP contribution is -2.30. The molecule has 0 fully saturated rings. The van der Waals surface area contributed by atoms with Crippen LogP contribution in [0.2, 0.25) is 0 Å². The number of alkyl halides is 3. The fourth-order valence-electron chi connectivity index (χ4n) is 2.63. The number of hydrogen-bond acceptors (Lipinski definition) is 3. The second kappa shape index (κ2) is 5.91. The number of ether oxygens (including phenoxy) is 1. The van der Waals surface area contributed by atoms with Gasteiger partial charge in [0.25, 0.3) is 11.8 Å². The summed E-state index contributed by atoms with van der Waals surface area (Å²) < 4.78 is 44.7. The first kappa shape index (κ1) is 17.0. The maximum absolute atomic E-state index is 13.1. The first-order valence-corrected chi connectivity index (χ1v) is 7.56. The van der Waals surface area contributed by atoms with Crippen LogP contribution in [0.25, 0.3) is 0 Å².